The number of hydrogen-bond acceptors (Lipinski definition) is 2. The van der Waals surface area contributed by atoms with Gasteiger partial charge in [-0.1, -0.05) is 12.1 Å². The van der Waals surface area contributed by atoms with Crippen molar-refractivity contribution in [2.24, 2.45) is 0 Å². The summed E-state index contributed by atoms with van der Waals surface area (Å²) in [6.45, 7) is 4.00. The fourth-order valence-electron chi connectivity index (χ4n) is 3.20. The Morgan fingerprint density at radius 2 is 2.15 bits per heavy atom. The van der Waals surface area contributed by atoms with Crippen LogP contribution in [0.1, 0.15) is 47.0 Å². The van der Waals surface area contributed by atoms with Crippen molar-refractivity contribution in [3.63, 3.8) is 0 Å². The molecule has 0 fully saturated rings. The molecule has 1 unspecified atom stereocenters. The van der Waals surface area contributed by atoms with Crippen LogP contribution in [-0.4, -0.2) is 9.67 Å². The van der Waals surface area contributed by atoms with E-state index in [0.29, 0.717) is 5.56 Å². The van der Waals surface area contributed by atoms with Gasteiger partial charge in [-0.25, -0.2) is 0 Å². The number of aliphatic hydroxyl groups excluding tert-OH is 1. The highest BCUT2D eigenvalue weighted by atomic mass is 16.3. The van der Waals surface area contributed by atoms with Gasteiger partial charge < -0.3 is 9.67 Å². The molecule has 1 aliphatic carbocycles. The van der Waals surface area contributed by atoms with Crippen LogP contribution in [0.4, 0.5) is 0 Å². The third kappa shape index (κ3) is 1.85. The number of fused-ring (bicyclic) bond motifs is 1. The molecule has 20 heavy (non-hydrogen) atoms. The standard InChI is InChI=1S/C17H18N2O/c1-11-5-3-6-16(14(11)10-18)19-12(2)9-13-15(19)7-4-8-17(13)20/h3,5-6,9,17,20H,4,7-8H2,1-2H3. The fraction of sp³-hybridized carbons (Fsp3) is 0.353. The monoisotopic (exact) mass is 266 g/mol. The Bertz CT molecular complexity index is 707. The van der Waals surface area contributed by atoms with E-state index in [-0.39, 0.29) is 6.10 Å². The second-order valence-electron chi connectivity index (χ2n) is 5.51. The largest absolute Gasteiger partial charge is 0.388 e. The van der Waals surface area contributed by atoms with Crippen LogP contribution in [0, 0.1) is 25.2 Å². The highest BCUT2D eigenvalue weighted by Gasteiger charge is 2.24. The zero-order chi connectivity index (χ0) is 14.3. The predicted molar refractivity (Wildman–Crippen MR) is 77.9 cm³/mol. The number of nitrogens with zero attached hydrogens (tertiary/aromatic N) is 2. The number of hydrogen-bond donors (Lipinski definition) is 1. The molecular weight excluding hydrogens is 248 g/mol. The molecule has 0 saturated heterocycles. The summed E-state index contributed by atoms with van der Waals surface area (Å²) < 4.78 is 2.14. The summed E-state index contributed by atoms with van der Waals surface area (Å²) in [5, 5.41) is 19.6. The van der Waals surface area contributed by atoms with Gasteiger partial charge in [0.15, 0.2) is 0 Å². The lowest BCUT2D eigenvalue weighted by atomic mass is 9.95. The van der Waals surface area contributed by atoms with Crippen molar-refractivity contribution in [1.82, 2.24) is 4.57 Å². The van der Waals surface area contributed by atoms with Crippen LogP contribution >= 0.6 is 0 Å². The van der Waals surface area contributed by atoms with Crippen LogP contribution in [0.2, 0.25) is 0 Å². The summed E-state index contributed by atoms with van der Waals surface area (Å²) in [4.78, 5) is 0. The first-order valence-corrected chi connectivity index (χ1v) is 7.02. The molecule has 1 heterocycles. The minimum atomic E-state index is -0.367. The average molecular weight is 266 g/mol. The van der Waals surface area contributed by atoms with Gasteiger partial charge in [0.2, 0.25) is 0 Å². The summed E-state index contributed by atoms with van der Waals surface area (Å²) in [6, 6.07) is 10.3. The van der Waals surface area contributed by atoms with Crippen LogP contribution < -0.4 is 0 Å². The normalized spacial score (nSPS) is 17.6. The van der Waals surface area contributed by atoms with Gasteiger partial charge in [-0.05, 0) is 50.8 Å². The molecule has 1 aromatic carbocycles. The topological polar surface area (TPSA) is 49.0 Å². The van der Waals surface area contributed by atoms with Crippen molar-refractivity contribution >= 4 is 0 Å². The molecule has 3 rings (SSSR count). The molecule has 2 aromatic rings. The minimum absolute atomic E-state index is 0.367. The Labute approximate surface area is 119 Å². The van der Waals surface area contributed by atoms with Gasteiger partial charge in [0.05, 0.1) is 17.4 Å². The van der Waals surface area contributed by atoms with Gasteiger partial charge in [-0.3, -0.25) is 0 Å². The molecule has 102 valence electrons. The fourth-order valence-corrected chi connectivity index (χ4v) is 3.20. The first-order valence-electron chi connectivity index (χ1n) is 7.02. The average Bonchev–Trinajstić information content (AvgIpc) is 2.76. The molecule has 1 atom stereocenters. The van der Waals surface area contributed by atoms with E-state index in [1.165, 1.54) is 0 Å². The molecule has 3 nitrogen and oxygen atoms in total. The smallest absolute Gasteiger partial charge is 0.102 e. The molecule has 0 spiro atoms. The number of benzene rings is 1. The molecule has 0 amide bonds. The van der Waals surface area contributed by atoms with Crippen molar-refractivity contribution < 1.29 is 5.11 Å². The second kappa shape index (κ2) is 4.81. The first-order chi connectivity index (χ1) is 9.63. The van der Waals surface area contributed by atoms with E-state index < -0.39 is 0 Å². The predicted octanol–water partition coefficient (Wildman–Crippen LogP) is 3.34. The van der Waals surface area contributed by atoms with E-state index >= 15 is 0 Å². The van der Waals surface area contributed by atoms with Crippen LogP contribution in [0.5, 0.6) is 0 Å². The van der Waals surface area contributed by atoms with Gasteiger partial charge in [0.1, 0.15) is 6.07 Å². The summed E-state index contributed by atoms with van der Waals surface area (Å²) in [7, 11) is 0. The maximum atomic E-state index is 10.1. The Morgan fingerprint density at radius 1 is 1.35 bits per heavy atom. The minimum Gasteiger partial charge on any atom is -0.388 e. The van der Waals surface area contributed by atoms with Crippen molar-refractivity contribution in [2.75, 3.05) is 0 Å². The number of rotatable bonds is 1. The highest BCUT2D eigenvalue weighted by Crippen LogP contribution is 2.34. The Kier molecular flexibility index (Phi) is 3.11. The maximum Gasteiger partial charge on any atom is 0.102 e. The van der Waals surface area contributed by atoms with Crippen molar-refractivity contribution in [3.05, 3.63) is 52.3 Å². The lowest BCUT2D eigenvalue weighted by Crippen LogP contribution is -2.12. The Balaban J connectivity index is 2.27. The number of aryl methyl sites for hydroxylation is 2. The molecule has 0 saturated carbocycles. The van der Waals surface area contributed by atoms with Crippen LogP contribution in [-0.2, 0) is 6.42 Å². The third-order valence-electron chi connectivity index (χ3n) is 4.17. The molecular formula is C17H18N2O. The Hall–Kier alpha value is -2.05. The van der Waals surface area contributed by atoms with Crippen molar-refractivity contribution in [3.8, 4) is 11.8 Å². The molecule has 0 aliphatic heterocycles. The lowest BCUT2D eigenvalue weighted by molar-refractivity contribution is 0.156. The molecule has 0 radical (unpaired) electrons. The van der Waals surface area contributed by atoms with E-state index in [0.717, 1.165) is 47.5 Å². The van der Waals surface area contributed by atoms with Gasteiger partial charge in [0.25, 0.3) is 0 Å². The van der Waals surface area contributed by atoms with E-state index in [1.807, 2.05) is 32.0 Å². The van der Waals surface area contributed by atoms with Gasteiger partial charge in [-0.2, -0.15) is 5.26 Å². The SMILES string of the molecule is Cc1cccc(-n2c(C)cc3c2CCCC3O)c1C#N. The van der Waals surface area contributed by atoms with E-state index in [4.69, 9.17) is 0 Å². The highest BCUT2D eigenvalue weighted by molar-refractivity contribution is 5.56. The maximum absolute atomic E-state index is 10.1. The van der Waals surface area contributed by atoms with E-state index in [1.54, 1.807) is 0 Å². The first kappa shape index (κ1) is 13.0. The molecule has 1 aliphatic rings. The van der Waals surface area contributed by atoms with Crippen molar-refractivity contribution in [2.45, 2.75) is 39.2 Å². The zero-order valence-corrected chi connectivity index (χ0v) is 11.8. The van der Waals surface area contributed by atoms with E-state index in [2.05, 4.69) is 16.7 Å². The molecule has 3 heteroatoms. The lowest BCUT2D eigenvalue weighted by Gasteiger charge is -2.21. The van der Waals surface area contributed by atoms with Gasteiger partial charge in [-0.15, -0.1) is 0 Å². The summed E-state index contributed by atoms with van der Waals surface area (Å²) in [5.41, 5.74) is 5.90. The van der Waals surface area contributed by atoms with Crippen LogP contribution in [0.25, 0.3) is 5.69 Å². The van der Waals surface area contributed by atoms with Gasteiger partial charge in [0, 0.05) is 17.0 Å². The number of nitriles is 1. The quantitative estimate of drug-likeness (QED) is 0.860. The van der Waals surface area contributed by atoms with Gasteiger partial charge >= 0.3 is 0 Å². The Morgan fingerprint density at radius 3 is 2.90 bits per heavy atom. The number of aromatic nitrogens is 1. The summed E-state index contributed by atoms with van der Waals surface area (Å²) in [6.07, 6.45) is 2.41. The molecule has 1 aromatic heterocycles. The summed E-state index contributed by atoms with van der Waals surface area (Å²) in [5.74, 6) is 0. The van der Waals surface area contributed by atoms with Crippen LogP contribution in [0.15, 0.2) is 24.3 Å². The zero-order valence-electron chi connectivity index (χ0n) is 11.8. The number of aliphatic hydroxyl groups is 1. The van der Waals surface area contributed by atoms with E-state index in [9.17, 15) is 10.4 Å². The second-order valence-corrected chi connectivity index (χ2v) is 5.51. The molecule has 1 N–H and O–H groups in total. The summed E-state index contributed by atoms with van der Waals surface area (Å²) >= 11 is 0. The van der Waals surface area contributed by atoms with Crippen LogP contribution in [0.3, 0.4) is 0 Å². The third-order valence-corrected chi connectivity index (χ3v) is 4.17. The van der Waals surface area contributed by atoms with Crippen molar-refractivity contribution in [1.29, 1.82) is 5.26 Å². The molecule has 0 bridgehead atoms.